The topological polar surface area (TPSA) is 102 Å². The van der Waals surface area contributed by atoms with Gasteiger partial charge in [-0.2, -0.15) is 0 Å². The van der Waals surface area contributed by atoms with Crippen molar-refractivity contribution in [3.8, 4) is 0 Å². The van der Waals surface area contributed by atoms with Crippen LogP contribution in [0.2, 0.25) is 5.02 Å². The fourth-order valence-corrected chi connectivity index (χ4v) is 4.07. The van der Waals surface area contributed by atoms with Gasteiger partial charge >= 0.3 is 0 Å². The molecule has 0 unspecified atom stereocenters. The summed E-state index contributed by atoms with van der Waals surface area (Å²) < 4.78 is 26.8. The normalized spacial score (nSPS) is 11.4. The lowest BCUT2D eigenvalue weighted by atomic mass is 10.3. The van der Waals surface area contributed by atoms with E-state index in [1.807, 2.05) is 6.92 Å². The maximum absolute atomic E-state index is 12.3. The molecule has 1 aromatic carbocycles. The first kappa shape index (κ1) is 15.7. The molecule has 0 radical (unpaired) electrons. The van der Waals surface area contributed by atoms with Gasteiger partial charge in [-0.3, -0.25) is 14.8 Å². The summed E-state index contributed by atoms with van der Waals surface area (Å²) in [5, 5.41) is 10.8. The molecule has 0 fully saturated rings. The summed E-state index contributed by atoms with van der Waals surface area (Å²) in [5.74, 6) is 0. The molecule has 2 aromatic rings. The first-order valence-corrected chi connectivity index (χ1v) is 8.29. The number of nitro benzene ring substituents is 1. The molecule has 1 aromatic heterocycles. The lowest BCUT2D eigenvalue weighted by Crippen LogP contribution is -2.13. The molecule has 0 aliphatic carbocycles. The molecule has 0 saturated carbocycles. The number of sulfonamides is 1. The van der Waals surface area contributed by atoms with E-state index in [1.165, 1.54) is 17.4 Å². The van der Waals surface area contributed by atoms with Crippen molar-refractivity contribution in [1.82, 2.24) is 4.98 Å². The molecular formula is C11H10ClN3O4S2. The molecule has 0 saturated heterocycles. The molecule has 1 N–H and O–H groups in total. The van der Waals surface area contributed by atoms with Gasteiger partial charge in [-0.15, -0.1) is 11.3 Å². The third-order valence-electron chi connectivity index (χ3n) is 2.67. The molecule has 0 atom stereocenters. The second-order valence-electron chi connectivity index (χ2n) is 4.14. The summed E-state index contributed by atoms with van der Waals surface area (Å²) in [7, 11) is -4.04. The molecule has 2 rings (SSSR count). The highest BCUT2D eigenvalue weighted by atomic mass is 35.5. The van der Waals surface area contributed by atoms with Crippen LogP contribution >= 0.6 is 22.9 Å². The molecule has 7 nitrogen and oxygen atoms in total. The summed E-state index contributed by atoms with van der Waals surface area (Å²) in [6.45, 7) is 3.56. The first-order chi connectivity index (χ1) is 9.70. The van der Waals surface area contributed by atoms with Crippen LogP contribution in [-0.2, 0) is 10.0 Å². The Morgan fingerprint density at radius 1 is 1.38 bits per heavy atom. The van der Waals surface area contributed by atoms with Gasteiger partial charge in [-0.05, 0) is 19.9 Å². The van der Waals surface area contributed by atoms with Crippen LogP contribution in [0.3, 0.4) is 0 Å². The Morgan fingerprint density at radius 2 is 2.05 bits per heavy atom. The zero-order valence-electron chi connectivity index (χ0n) is 11.0. The van der Waals surface area contributed by atoms with E-state index >= 15 is 0 Å². The van der Waals surface area contributed by atoms with Gasteiger partial charge in [0.2, 0.25) is 0 Å². The predicted octanol–water partition coefficient (Wildman–Crippen LogP) is 3.12. The van der Waals surface area contributed by atoms with Gasteiger partial charge in [-0.25, -0.2) is 13.4 Å². The van der Waals surface area contributed by atoms with E-state index in [1.54, 1.807) is 6.92 Å². The van der Waals surface area contributed by atoms with E-state index < -0.39 is 14.9 Å². The number of hydrogen-bond donors (Lipinski definition) is 1. The second kappa shape index (κ2) is 5.58. The minimum absolute atomic E-state index is 0.0990. The molecule has 10 heteroatoms. The van der Waals surface area contributed by atoms with Crippen LogP contribution in [-0.4, -0.2) is 18.3 Å². The quantitative estimate of drug-likeness (QED) is 0.676. The van der Waals surface area contributed by atoms with Gasteiger partial charge in [0.05, 0.1) is 15.6 Å². The largest absolute Gasteiger partial charge is 0.270 e. The molecule has 112 valence electrons. The number of rotatable bonds is 4. The SMILES string of the molecule is Cc1nc(NS(=O)(=O)c2cc([N+](=O)[O-])ccc2Cl)sc1C. The third-order valence-corrected chi connectivity index (χ3v) is 5.60. The van der Waals surface area contributed by atoms with Crippen molar-refractivity contribution in [1.29, 1.82) is 0 Å². The second-order valence-corrected chi connectivity index (χ2v) is 7.40. The Labute approximate surface area is 129 Å². The van der Waals surface area contributed by atoms with Crippen molar-refractivity contribution in [2.75, 3.05) is 4.72 Å². The number of aryl methyl sites for hydroxylation is 2. The number of halogens is 1. The van der Waals surface area contributed by atoms with Crippen LogP contribution in [0, 0.1) is 24.0 Å². The molecular weight excluding hydrogens is 338 g/mol. The summed E-state index contributed by atoms with van der Waals surface area (Å²) in [5.41, 5.74) is 0.356. The fourth-order valence-electron chi connectivity index (χ4n) is 1.50. The zero-order chi connectivity index (χ0) is 15.8. The minimum atomic E-state index is -4.04. The van der Waals surface area contributed by atoms with E-state index in [4.69, 9.17) is 11.6 Å². The van der Waals surface area contributed by atoms with Crippen LogP contribution in [0.4, 0.5) is 10.8 Å². The molecule has 0 amide bonds. The van der Waals surface area contributed by atoms with Gasteiger partial charge in [-0.1, -0.05) is 11.6 Å². The Morgan fingerprint density at radius 3 is 2.57 bits per heavy atom. The lowest BCUT2D eigenvalue weighted by Gasteiger charge is -2.06. The average molecular weight is 348 g/mol. The van der Waals surface area contributed by atoms with Gasteiger partial charge in [0, 0.05) is 17.0 Å². The Kier molecular flexibility index (Phi) is 4.17. The number of aromatic nitrogens is 1. The van der Waals surface area contributed by atoms with Crippen LogP contribution < -0.4 is 4.72 Å². The number of non-ortho nitro benzene ring substituents is 1. The monoisotopic (exact) mass is 347 g/mol. The smallest absolute Gasteiger partial charge is 0.258 e. The molecule has 0 bridgehead atoms. The van der Waals surface area contributed by atoms with E-state index in [2.05, 4.69) is 9.71 Å². The zero-order valence-corrected chi connectivity index (χ0v) is 13.3. The standard InChI is InChI=1S/C11H10ClN3O4S2/c1-6-7(2)20-11(13-6)14-21(18,19)10-5-8(15(16)17)3-4-9(10)12/h3-5H,1-2H3,(H,13,14). The van der Waals surface area contributed by atoms with E-state index in [0.717, 1.165) is 17.0 Å². The fraction of sp³-hybridized carbons (Fsp3) is 0.182. The molecule has 0 spiro atoms. The average Bonchev–Trinajstić information content (AvgIpc) is 2.67. The van der Waals surface area contributed by atoms with Gasteiger partial charge in [0.25, 0.3) is 15.7 Å². The van der Waals surface area contributed by atoms with E-state index in [9.17, 15) is 18.5 Å². The summed E-state index contributed by atoms with van der Waals surface area (Å²) >= 11 is 7.00. The number of nitrogens with zero attached hydrogens (tertiary/aromatic N) is 2. The van der Waals surface area contributed by atoms with Crippen LogP contribution in [0.15, 0.2) is 23.1 Å². The third kappa shape index (κ3) is 3.31. The van der Waals surface area contributed by atoms with Crippen LogP contribution in [0.1, 0.15) is 10.6 Å². The number of nitrogens with one attached hydrogen (secondary N) is 1. The Bertz CT molecular complexity index is 797. The minimum Gasteiger partial charge on any atom is -0.258 e. The molecule has 0 aliphatic rings. The van der Waals surface area contributed by atoms with Gasteiger partial charge in [0.15, 0.2) is 5.13 Å². The summed E-state index contributed by atoms with van der Waals surface area (Å²) in [6.07, 6.45) is 0. The highest BCUT2D eigenvalue weighted by molar-refractivity contribution is 7.93. The van der Waals surface area contributed by atoms with Crippen molar-refractivity contribution in [2.45, 2.75) is 18.7 Å². The molecule has 1 heterocycles. The highest BCUT2D eigenvalue weighted by Crippen LogP contribution is 2.29. The van der Waals surface area contributed by atoms with Crippen LogP contribution in [0.5, 0.6) is 0 Å². The van der Waals surface area contributed by atoms with Crippen molar-refractivity contribution in [2.24, 2.45) is 0 Å². The van der Waals surface area contributed by atoms with Gasteiger partial charge in [0.1, 0.15) is 4.90 Å². The maximum atomic E-state index is 12.3. The van der Waals surface area contributed by atoms with Gasteiger partial charge < -0.3 is 0 Å². The molecule has 0 aliphatic heterocycles. The highest BCUT2D eigenvalue weighted by Gasteiger charge is 2.23. The van der Waals surface area contributed by atoms with Crippen molar-refractivity contribution in [3.63, 3.8) is 0 Å². The summed E-state index contributed by atoms with van der Waals surface area (Å²) in [4.78, 5) is 14.6. The number of thiazole rings is 1. The first-order valence-electron chi connectivity index (χ1n) is 5.61. The Hall–Kier alpha value is -1.71. The predicted molar refractivity (Wildman–Crippen MR) is 80.5 cm³/mol. The number of anilines is 1. The lowest BCUT2D eigenvalue weighted by molar-refractivity contribution is -0.385. The molecule has 21 heavy (non-hydrogen) atoms. The van der Waals surface area contributed by atoms with E-state index in [-0.39, 0.29) is 20.7 Å². The number of nitro groups is 1. The maximum Gasteiger partial charge on any atom is 0.270 e. The Balaban J connectivity index is 2.44. The van der Waals surface area contributed by atoms with E-state index in [0.29, 0.717) is 5.69 Å². The van der Waals surface area contributed by atoms with Crippen molar-refractivity contribution >= 4 is 43.8 Å². The number of benzene rings is 1. The summed E-state index contributed by atoms with van der Waals surface area (Å²) in [6, 6.07) is 3.23. The number of hydrogen-bond acceptors (Lipinski definition) is 6. The van der Waals surface area contributed by atoms with Crippen LogP contribution in [0.25, 0.3) is 0 Å². The van der Waals surface area contributed by atoms with Crippen molar-refractivity contribution < 1.29 is 13.3 Å². The van der Waals surface area contributed by atoms with Crippen molar-refractivity contribution in [3.05, 3.63) is 43.9 Å².